The van der Waals surface area contributed by atoms with Gasteiger partial charge in [-0.05, 0) is 19.9 Å². The number of likely N-dealkylation sites (N-methyl/N-ethyl adjacent to an activating group) is 1. The zero-order chi connectivity index (χ0) is 11.1. The van der Waals surface area contributed by atoms with E-state index >= 15 is 0 Å². The molecule has 1 heterocycles. The van der Waals surface area contributed by atoms with Crippen molar-refractivity contribution in [3.8, 4) is 0 Å². The average Bonchev–Trinajstić information content (AvgIpc) is 2.61. The molecule has 15 heavy (non-hydrogen) atoms. The van der Waals surface area contributed by atoms with Crippen LogP contribution in [0.1, 0.15) is 43.8 Å². The highest BCUT2D eigenvalue weighted by Crippen LogP contribution is 2.13. The van der Waals surface area contributed by atoms with Gasteiger partial charge < -0.3 is 5.32 Å². The van der Waals surface area contributed by atoms with Crippen LogP contribution in [0.5, 0.6) is 0 Å². The van der Waals surface area contributed by atoms with E-state index < -0.39 is 0 Å². The molecule has 1 rings (SSSR count). The minimum Gasteiger partial charge on any atom is -0.314 e. The van der Waals surface area contributed by atoms with E-state index in [1.807, 2.05) is 0 Å². The second-order valence-corrected chi connectivity index (χ2v) is 4.93. The van der Waals surface area contributed by atoms with Crippen molar-refractivity contribution in [1.82, 2.24) is 10.3 Å². The summed E-state index contributed by atoms with van der Waals surface area (Å²) in [5, 5.41) is 6.95. The van der Waals surface area contributed by atoms with Crippen molar-refractivity contribution in [2.45, 2.75) is 52.5 Å². The summed E-state index contributed by atoms with van der Waals surface area (Å²) in [5.41, 5.74) is 1.15. The monoisotopic (exact) mass is 226 g/mol. The molecule has 0 aromatic carbocycles. The van der Waals surface area contributed by atoms with Crippen LogP contribution in [0, 0.1) is 6.92 Å². The first kappa shape index (κ1) is 12.7. The van der Waals surface area contributed by atoms with E-state index in [0.29, 0.717) is 6.04 Å². The molecule has 0 bridgehead atoms. The topological polar surface area (TPSA) is 24.9 Å². The van der Waals surface area contributed by atoms with Crippen LogP contribution in [0.4, 0.5) is 0 Å². The van der Waals surface area contributed by atoms with E-state index in [2.05, 4.69) is 36.5 Å². The lowest BCUT2D eigenvalue weighted by Gasteiger charge is -2.15. The van der Waals surface area contributed by atoms with Gasteiger partial charge in [0.1, 0.15) is 0 Å². The summed E-state index contributed by atoms with van der Waals surface area (Å²) in [6, 6.07) is 0.612. The zero-order valence-electron chi connectivity index (χ0n) is 10.0. The molecule has 1 aromatic heterocycles. The number of hydrogen-bond donors (Lipinski definition) is 1. The molecule has 0 amide bonds. The van der Waals surface area contributed by atoms with Gasteiger partial charge in [-0.1, -0.05) is 26.7 Å². The first-order valence-electron chi connectivity index (χ1n) is 5.90. The molecule has 1 N–H and O–H groups in total. The van der Waals surface area contributed by atoms with Crippen LogP contribution in [-0.4, -0.2) is 17.6 Å². The number of thiazole rings is 1. The molecule has 0 saturated heterocycles. The van der Waals surface area contributed by atoms with Gasteiger partial charge in [-0.3, -0.25) is 0 Å². The third kappa shape index (κ3) is 4.76. The Morgan fingerprint density at radius 1 is 1.47 bits per heavy atom. The van der Waals surface area contributed by atoms with Gasteiger partial charge in [0, 0.05) is 23.5 Å². The van der Waals surface area contributed by atoms with Crippen molar-refractivity contribution in [3.63, 3.8) is 0 Å². The first-order chi connectivity index (χ1) is 7.26. The van der Waals surface area contributed by atoms with E-state index in [1.165, 1.54) is 24.3 Å². The van der Waals surface area contributed by atoms with E-state index in [1.54, 1.807) is 11.3 Å². The normalized spacial score (nSPS) is 13.0. The van der Waals surface area contributed by atoms with Crippen LogP contribution >= 0.6 is 11.3 Å². The second-order valence-electron chi connectivity index (χ2n) is 3.98. The Balaban J connectivity index is 2.42. The molecule has 1 unspecified atom stereocenters. The van der Waals surface area contributed by atoms with Crippen molar-refractivity contribution in [1.29, 1.82) is 0 Å². The number of aryl methyl sites for hydroxylation is 1. The Kier molecular flexibility index (Phi) is 5.88. The second kappa shape index (κ2) is 6.96. The van der Waals surface area contributed by atoms with E-state index in [0.717, 1.165) is 18.7 Å². The molecule has 0 saturated carbocycles. The molecule has 0 aliphatic rings. The van der Waals surface area contributed by atoms with Gasteiger partial charge in [-0.15, -0.1) is 11.3 Å². The fraction of sp³-hybridized carbons (Fsp3) is 0.750. The summed E-state index contributed by atoms with van der Waals surface area (Å²) in [7, 11) is 0. The predicted octanol–water partition coefficient (Wildman–Crippen LogP) is 3.16. The molecule has 0 radical (unpaired) electrons. The lowest BCUT2D eigenvalue weighted by Crippen LogP contribution is -2.30. The van der Waals surface area contributed by atoms with Crippen LogP contribution in [-0.2, 0) is 6.42 Å². The van der Waals surface area contributed by atoms with Gasteiger partial charge in [0.2, 0.25) is 0 Å². The Morgan fingerprint density at radius 3 is 2.80 bits per heavy atom. The molecule has 0 spiro atoms. The summed E-state index contributed by atoms with van der Waals surface area (Å²) in [6.45, 7) is 7.54. The van der Waals surface area contributed by atoms with Crippen LogP contribution in [0.2, 0.25) is 0 Å². The van der Waals surface area contributed by atoms with Crippen LogP contribution < -0.4 is 5.32 Å². The maximum Gasteiger partial charge on any atom is 0.0943 e. The highest BCUT2D eigenvalue weighted by atomic mass is 32.1. The fourth-order valence-electron chi connectivity index (χ4n) is 1.72. The standard InChI is InChI=1S/C12H22N2S/c1-4-6-7-11(13-5-2)8-12-14-10(3)9-15-12/h9,11,13H,4-8H2,1-3H3. The van der Waals surface area contributed by atoms with E-state index in [-0.39, 0.29) is 0 Å². The maximum atomic E-state index is 4.52. The van der Waals surface area contributed by atoms with Crippen LogP contribution in [0.3, 0.4) is 0 Å². The van der Waals surface area contributed by atoms with Crippen LogP contribution in [0.15, 0.2) is 5.38 Å². The third-order valence-electron chi connectivity index (χ3n) is 2.49. The summed E-state index contributed by atoms with van der Waals surface area (Å²) in [5.74, 6) is 0. The highest BCUT2D eigenvalue weighted by Gasteiger charge is 2.09. The summed E-state index contributed by atoms with van der Waals surface area (Å²) >= 11 is 1.79. The summed E-state index contributed by atoms with van der Waals surface area (Å²) < 4.78 is 0. The number of rotatable bonds is 7. The van der Waals surface area contributed by atoms with Gasteiger partial charge in [-0.2, -0.15) is 0 Å². The summed E-state index contributed by atoms with van der Waals surface area (Å²) in [4.78, 5) is 4.52. The Bertz CT molecular complexity index is 270. The van der Waals surface area contributed by atoms with Crippen molar-refractivity contribution in [3.05, 3.63) is 16.1 Å². The van der Waals surface area contributed by atoms with E-state index in [9.17, 15) is 0 Å². The fourth-order valence-corrected chi connectivity index (χ4v) is 2.58. The zero-order valence-corrected chi connectivity index (χ0v) is 10.9. The number of unbranched alkanes of at least 4 members (excludes halogenated alkanes) is 1. The smallest absolute Gasteiger partial charge is 0.0943 e. The third-order valence-corrected chi connectivity index (χ3v) is 3.48. The van der Waals surface area contributed by atoms with Crippen molar-refractivity contribution >= 4 is 11.3 Å². The average molecular weight is 226 g/mol. The van der Waals surface area contributed by atoms with Gasteiger partial charge in [0.15, 0.2) is 0 Å². The Hall–Kier alpha value is -0.410. The van der Waals surface area contributed by atoms with Crippen molar-refractivity contribution < 1.29 is 0 Å². The Labute approximate surface area is 97.1 Å². The van der Waals surface area contributed by atoms with Gasteiger partial charge in [-0.25, -0.2) is 4.98 Å². The molecular weight excluding hydrogens is 204 g/mol. The predicted molar refractivity (Wildman–Crippen MR) is 67.5 cm³/mol. The van der Waals surface area contributed by atoms with Crippen molar-refractivity contribution in [2.75, 3.05) is 6.54 Å². The summed E-state index contributed by atoms with van der Waals surface area (Å²) in [6.07, 6.45) is 4.94. The minimum atomic E-state index is 0.612. The molecule has 86 valence electrons. The molecule has 0 aliphatic heterocycles. The van der Waals surface area contributed by atoms with Gasteiger partial charge in [0.25, 0.3) is 0 Å². The number of aromatic nitrogens is 1. The molecule has 0 fully saturated rings. The van der Waals surface area contributed by atoms with Gasteiger partial charge >= 0.3 is 0 Å². The molecular formula is C12H22N2S. The molecule has 0 aliphatic carbocycles. The van der Waals surface area contributed by atoms with Crippen LogP contribution in [0.25, 0.3) is 0 Å². The molecule has 2 nitrogen and oxygen atoms in total. The number of hydrogen-bond acceptors (Lipinski definition) is 3. The minimum absolute atomic E-state index is 0.612. The largest absolute Gasteiger partial charge is 0.314 e. The Morgan fingerprint density at radius 2 is 2.27 bits per heavy atom. The lowest BCUT2D eigenvalue weighted by atomic mass is 10.1. The highest BCUT2D eigenvalue weighted by molar-refractivity contribution is 7.09. The lowest BCUT2D eigenvalue weighted by molar-refractivity contribution is 0.473. The molecule has 3 heteroatoms. The number of nitrogens with zero attached hydrogens (tertiary/aromatic N) is 1. The quantitative estimate of drug-likeness (QED) is 0.772. The van der Waals surface area contributed by atoms with Gasteiger partial charge in [0.05, 0.1) is 5.01 Å². The molecule has 1 aromatic rings. The van der Waals surface area contributed by atoms with Crippen molar-refractivity contribution in [2.24, 2.45) is 0 Å². The van der Waals surface area contributed by atoms with E-state index in [4.69, 9.17) is 0 Å². The SMILES string of the molecule is CCCCC(Cc1nc(C)cs1)NCC. The number of nitrogens with one attached hydrogen (secondary N) is 1. The first-order valence-corrected chi connectivity index (χ1v) is 6.78. The maximum absolute atomic E-state index is 4.52. The molecule has 1 atom stereocenters.